The van der Waals surface area contributed by atoms with Crippen LogP contribution >= 0.6 is 24.0 Å². The summed E-state index contributed by atoms with van der Waals surface area (Å²) >= 11 is 6.62. The predicted molar refractivity (Wildman–Crippen MR) is 109 cm³/mol. The molecule has 134 valence electrons. The third-order valence-electron chi connectivity index (χ3n) is 3.84. The van der Waals surface area contributed by atoms with Gasteiger partial charge in [0.1, 0.15) is 16.7 Å². The molecule has 0 radical (unpaired) electrons. The Morgan fingerprint density at radius 3 is 2.62 bits per heavy atom. The molecule has 1 fully saturated rings. The predicted octanol–water partition coefficient (Wildman–Crippen LogP) is 4.11. The number of carbonyl (C=O) groups excluding carboxylic acids is 1. The number of thioether (sulfide) groups is 1. The van der Waals surface area contributed by atoms with Crippen LogP contribution in [0.5, 0.6) is 5.75 Å². The van der Waals surface area contributed by atoms with Gasteiger partial charge in [0.15, 0.2) is 0 Å². The lowest BCUT2D eigenvalue weighted by molar-refractivity contribution is -0.122. The molecule has 0 aromatic heterocycles. The number of methoxy groups -OCH3 is 1. The van der Waals surface area contributed by atoms with Crippen LogP contribution in [0.25, 0.3) is 6.08 Å². The van der Waals surface area contributed by atoms with Gasteiger partial charge in [-0.3, -0.25) is 9.69 Å². The first-order valence-electron chi connectivity index (χ1n) is 8.19. The fourth-order valence-electron chi connectivity index (χ4n) is 2.48. The highest BCUT2D eigenvalue weighted by molar-refractivity contribution is 8.26. The highest BCUT2D eigenvalue weighted by Gasteiger charge is 2.31. The zero-order valence-electron chi connectivity index (χ0n) is 14.4. The molecule has 1 amide bonds. The van der Waals surface area contributed by atoms with Crippen molar-refractivity contribution >= 4 is 40.3 Å². The Bertz CT molecular complexity index is 821. The van der Waals surface area contributed by atoms with Crippen molar-refractivity contribution in [3.8, 4) is 5.75 Å². The van der Waals surface area contributed by atoms with Crippen molar-refractivity contribution in [2.45, 2.75) is 6.61 Å². The molecule has 1 heterocycles. The monoisotopic (exact) mass is 385 g/mol. The number of carbonyl (C=O) groups is 1. The Morgan fingerprint density at radius 1 is 1.12 bits per heavy atom. The number of amides is 1. The van der Waals surface area contributed by atoms with Crippen LogP contribution in [0.15, 0.2) is 59.5 Å². The van der Waals surface area contributed by atoms with E-state index in [0.29, 0.717) is 29.0 Å². The van der Waals surface area contributed by atoms with Crippen molar-refractivity contribution in [1.82, 2.24) is 4.90 Å². The maximum absolute atomic E-state index is 12.6. The minimum absolute atomic E-state index is 0.0880. The van der Waals surface area contributed by atoms with Gasteiger partial charge in [-0.2, -0.15) is 0 Å². The van der Waals surface area contributed by atoms with Crippen LogP contribution in [0.4, 0.5) is 0 Å². The Balaban J connectivity index is 1.76. The first kappa shape index (κ1) is 18.6. The van der Waals surface area contributed by atoms with Crippen molar-refractivity contribution in [3.05, 3.63) is 70.6 Å². The van der Waals surface area contributed by atoms with Gasteiger partial charge in [-0.05, 0) is 17.7 Å². The maximum atomic E-state index is 12.6. The molecule has 0 N–H and O–H groups in total. The van der Waals surface area contributed by atoms with Gasteiger partial charge in [-0.1, -0.05) is 72.5 Å². The average molecular weight is 386 g/mol. The van der Waals surface area contributed by atoms with E-state index in [-0.39, 0.29) is 5.91 Å². The van der Waals surface area contributed by atoms with E-state index in [0.717, 1.165) is 16.9 Å². The second-order valence-electron chi connectivity index (χ2n) is 5.64. The molecule has 0 aliphatic carbocycles. The van der Waals surface area contributed by atoms with E-state index in [4.69, 9.17) is 21.7 Å². The zero-order valence-corrected chi connectivity index (χ0v) is 16.0. The maximum Gasteiger partial charge on any atom is 0.266 e. The lowest BCUT2D eigenvalue weighted by Gasteiger charge is -2.13. The number of benzene rings is 2. The van der Waals surface area contributed by atoms with Crippen LogP contribution in [-0.4, -0.2) is 35.4 Å². The molecular formula is C20H19NO3S2. The van der Waals surface area contributed by atoms with Gasteiger partial charge >= 0.3 is 0 Å². The SMILES string of the molecule is COCCN1C(=O)/C(=C\c2ccccc2OCc2ccccc2)SC1=S. The highest BCUT2D eigenvalue weighted by Crippen LogP contribution is 2.34. The van der Waals surface area contributed by atoms with Crippen molar-refractivity contribution in [2.75, 3.05) is 20.3 Å². The quantitative estimate of drug-likeness (QED) is 0.530. The summed E-state index contributed by atoms with van der Waals surface area (Å²) < 4.78 is 11.6. The van der Waals surface area contributed by atoms with Gasteiger partial charge in [-0.25, -0.2) is 0 Å². The van der Waals surface area contributed by atoms with E-state index < -0.39 is 0 Å². The Labute approximate surface area is 162 Å². The third kappa shape index (κ3) is 4.52. The Hall–Kier alpha value is -2.15. The third-order valence-corrected chi connectivity index (χ3v) is 5.21. The molecule has 2 aromatic carbocycles. The molecule has 3 rings (SSSR count). The summed E-state index contributed by atoms with van der Waals surface area (Å²) in [5, 5.41) is 0. The molecule has 0 unspecified atom stereocenters. The normalized spacial score (nSPS) is 15.7. The standard InChI is InChI=1S/C20H19NO3S2/c1-23-12-11-21-19(22)18(26-20(21)25)13-16-9-5-6-10-17(16)24-14-15-7-3-2-4-8-15/h2-10,13H,11-12,14H2,1H3/b18-13+. The number of ether oxygens (including phenoxy) is 2. The van der Waals surface area contributed by atoms with Crippen LogP contribution in [0.1, 0.15) is 11.1 Å². The number of para-hydroxylation sites is 1. The van der Waals surface area contributed by atoms with Crippen LogP contribution in [-0.2, 0) is 16.1 Å². The van der Waals surface area contributed by atoms with Crippen LogP contribution < -0.4 is 4.74 Å². The lowest BCUT2D eigenvalue weighted by Crippen LogP contribution is -2.31. The molecule has 1 aliphatic rings. The van der Waals surface area contributed by atoms with Crippen molar-refractivity contribution in [2.24, 2.45) is 0 Å². The molecule has 0 saturated carbocycles. The number of hydrogen-bond acceptors (Lipinski definition) is 5. The minimum atomic E-state index is -0.0880. The van der Waals surface area contributed by atoms with Crippen molar-refractivity contribution in [1.29, 1.82) is 0 Å². The van der Waals surface area contributed by atoms with Gasteiger partial charge in [-0.15, -0.1) is 0 Å². The lowest BCUT2D eigenvalue weighted by atomic mass is 10.1. The summed E-state index contributed by atoms with van der Waals surface area (Å²) in [5.74, 6) is 0.647. The van der Waals surface area contributed by atoms with Gasteiger partial charge in [0.05, 0.1) is 18.1 Å². The smallest absolute Gasteiger partial charge is 0.266 e. The average Bonchev–Trinajstić information content (AvgIpc) is 2.93. The fourth-order valence-corrected chi connectivity index (χ4v) is 3.78. The first-order chi connectivity index (χ1) is 12.7. The molecule has 0 bridgehead atoms. The molecular weight excluding hydrogens is 366 g/mol. The summed E-state index contributed by atoms with van der Waals surface area (Å²) in [6, 6.07) is 17.7. The van der Waals surface area contributed by atoms with Crippen LogP contribution in [0, 0.1) is 0 Å². The summed E-state index contributed by atoms with van der Waals surface area (Å²) in [6.45, 7) is 1.39. The molecule has 2 aromatic rings. The van der Waals surface area contributed by atoms with Gasteiger partial charge < -0.3 is 9.47 Å². The van der Waals surface area contributed by atoms with Crippen LogP contribution in [0.2, 0.25) is 0 Å². The highest BCUT2D eigenvalue weighted by atomic mass is 32.2. The zero-order chi connectivity index (χ0) is 18.4. The molecule has 4 nitrogen and oxygen atoms in total. The molecule has 0 atom stereocenters. The van der Waals surface area contributed by atoms with E-state index in [1.54, 1.807) is 12.0 Å². The second-order valence-corrected chi connectivity index (χ2v) is 7.31. The summed E-state index contributed by atoms with van der Waals surface area (Å²) in [5.41, 5.74) is 1.95. The second kappa shape index (κ2) is 8.98. The van der Waals surface area contributed by atoms with E-state index in [1.807, 2.05) is 60.7 Å². The first-order valence-corrected chi connectivity index (χ1v) is 9.41. The summed E-state index contributed by atoms with van der Waals surface area (Å²) in [4.78, 5) is 14.7. The van der Waals surface area contributed by atoms with E-state index in [1.165, 1.54) is 11.8 Å². The van der Waals surface area contributed by atoms with Crippen molar-refractivity contribution in [3.63, 3.8) is 0 Å². The number of rotatable bonds is 7. The van der Waals surface area contributed by atoms with Gasteiger partial charge in [0.25, 0.3) is 5.91 Å². The molecule has 1 aliphatic heterocycles. The van der Waals surface area contributed by atoms with Crippen molar-refractivity contribution < 1.29 is 14.3 Å². The van der Waals surface area contributed by atoms with Crippen LogP contribution in [0.3, 0.4) is 0 Å². The minimum Gasteiger partial charge on any atom is -0.488 e. The Morgan fingerprint density at radius 2 is 1.85 bits per heavy atom. The number of hydrogen-bond donors (Lipinski definition) is 0. The Kier molecular flexibility index (Phi) is 6.44. The fraction of sp³-hybridized carbons (Fsp3) is 0.200. The molecule has 6 heteroatoms. The molecule has 26 heavy (non-hydrogen) atoms. The summed E-state index contributed by atoms with van der Waals surface area (Å²) in [7, 11) is 1.60. The summed E-state index contributed by atoms with van der Waals surface area (Å²) in [6.07, 6.45) is 1.84. The topological polar surface area (TPSA) is 38.8 Å². The number of thiocarbonyl (C=S) groups is 1. The van der Waals surface area contributed by atoms with E-state index in [2.05, 4.69) is 0 Å². The largest absolute Gasteiger partial charge is 0.488 e. The van der Waals surface area contributed by atoms with Gasteiger partial charge in [0, 0.05) is 12.7 Å². The number of nitrogens with zero attached hydrogens (tertiary/aromatic N) is 1. The molecule has 1 saturated heterocycles. The van der Waals surface area contributed by atoms with E-state index >= 15 is 0 Å². The van der Waals surface area contributed by atoms with Gasteiger partial charge in [0.2, 0.25) is 0 Å². The molecule has 0 spiro atoms. The van der Waals surface area contributed by atoms with E-state index in [9.17, 15) is 4.79 Å².